The van der Waals surface area contributed by atoms with Gasteiger partial charge in [0.05, 0.1) is 17.8 Å². The summed E-state index contributed by atoms with van der Waals surface area (Å²) in [5.74, 6) is 1.69. The molecule has 49 heavy (non-hydrogen) atoms. The van der Waals surface area contributed by atoms with Crippen LogP contribution in [0.1, 0.15) is 28.5 Å². The van der Waals surface area contributed by atoms with Gasteiger partial charge >= 0.3 is 0 Å². The van der Waals surface area contributed by atoms with Crippen molar-refractivity contribution in [3.63, 3.8) is 0 Å². The molecule has 1 atom stereocenters. The van der Waals surface area contributed by atoms with E-state index in [1.165, 1.54) is 5.56 Å². The zero-order chi connectivity index (χ0) is 33.4. The summed E-state index contributed by atoms with van der Waals surface area (Å²) in [7, 11) is 2.19. The van der Waals surface area contributed by atoms with E-state index >= 15 is 0 Å². The molecule has 5 aromatic carbocycles. The maximum atomic E-state index is 6.93. The van der Waals surface area contributed by atoms with Crippen LogP contribution >= 0.6 is 0 Å². The summed E-state index contributed by atoms with van der Waals surface area (Å²) >= 11 is 0. The average molecular weight is 652 g/mol. The minimum Gasteiger partial charge on any atom is -0.489 e. The normalized spacial score (nSPS) is 14.6. The number of piperazine rings is 1. The van der Waals surface area contributed by atoms with Crippen molar-refractivity contribution in [2.75, 3.05) is 46.4 Å². The second kappa shape index (κ2) is 15.6. The maximum Gasteiger partial charge on any atom is 0.160 e. The van der Waals surface area contributed by atoms with Crippen LogP contribution in [0.4, 0.5) is 0 Å². The van der Waals surface area contributed by atoms with E-state index in [1.807, 2.05) is 36.4 Å². The highest BCUT2D eigenvalue weighted by atomic mass is 16.5. The molecule has 0 saturated carbocycles. The van der Waals surface area contributed by atoms with Gasteiger partial charge < -0.3 is 23.7 Å². The molecule has 1 fully saturated rings. The molecular weight excluding hydrogens is 606 g/mol. The summed E-state index contributed by atoms with van der Waals surface area (Å²) in [6.07, 6.45) is -0.315. The van der Waals surface area contributed by atoms with Gasteiger partial charge in [0, 0.05) is 43.7 Å². The first-order valence-corrected chi connectivity index (χ1v) is 17.3. The molecular formula is C43H45N3O3. The van der Waals surface area contributed by atoms with E-state index < -0.39 is 0 Å². The lowest BCUT2D eigenvalue weighted by Gasteiger charge is -2.33. The van der Waals surface area contributed by atoms with Crippen molar-refractivity contribution < 1.29 is 14.2 Å². The first-order valence-electron chi connectivity index (χ1n) is 17.3. The van der Waals surface area contributed by atoms with Gasteiger partial charge in [-0.15, -0.1) is 0 Å². The van der Waals surface area contributed by atoms with Crippen LogP contribution in [0.2, 0.25) is 0 Å². The van der Waals surface area contributed by atoms with E-state index in [0.29, 0.717) is 19.8 Å². The average Bonchev–Trinajstić information content (AvgIpc) is 3.44. The Balaban J connectivity index is 1.24. The van der Waals surface area contributed by atoms with E-state index in [9.17, 15) is 0 Å². The van der Waals surface area contributed by atoms with Crippen LogP contribution in [0.15, 0.2) is 133 Å². The van der Waals surface area contributed by atoms with E-state index in [4.69, 9.17) is 14.2 Å². The molecule has 1 unspecified atom stereocenters. The van der Waals surface area contributed by atoms with E-state index in [1.54, 1.807) is 0 Å². The molecule has 0 spiro atoms. The molecule has 6 heteroatoms. The third-order valence-electron chi connectivity index (χ3n) is 9.45. The van der Waals surface area contributed by atoms with Gasteiger partial charge in [-0.3, -0.25) is 4.90 Å². The molecule has 0 N–H and O–H groups in total. The zero-order valence-corrected chi connectivity index (χ0v) is 28.5. The van der Waals surface area contributed by atoms with Gasteiger partial charge in [-0.25, -0.2) is 0 Å². The largest absolute Gasteiger partial charge is 0.489 e. The van der Waals surface area contributed by atoms with Gasteiger partial charge in [-0.2, -0.15) is 0 Å². The predicted octanol–water partition coefficient (Wildman–Crippen LogP) is 8.59. The molecule has 6 nitrogen and oxygen atoms in total. The van der Waals surface area contributed by atoms with Crippen molar-refractivity contribution in [3.8, 4) is 22.8 Å². The SMILES string of the molecule is Cc1c(-c2ccc(OCc3ccccc3)cc2)n(C(OCCN2CCN(C)CC2)c2ccccc2)c2ccc(OCc3ccccc3)cc12. The van der Waals surface area contributed by atoms with Gasteiger partial charge in [0.15, 0.2) is 6.23 Å². The Bertz CT molecular complexity index is 1920. The number of rotatable bonds is 13. The fraction of sp³-hybridized carbons (Fsp3) is 0.256. The second-order valence-electron chi connectivity index (χ2n) is 12.9. The van der Waals surface area contributed by atoms with Crippen LogP contribution in [0.3, 0.4) is 0 Å². The molecule has 2 heterocycles. The predicted molar refractivity (Wildman–Crippen MR) is 198 cm³/mol. The smallest absolute Gasteiger partial charge is 0.160 e. The molecule has 1 aliphatic rings. The van der Waals surface area contributed by atoms with E-state index in [-0.39, 0.29) is 6.23 Å². The summed E-state index contributed by atoms with van der Waals surface area (Å²) in [6, 6.07) is 46.1. The molecule has 1 aliphatic heterocycles. The number of hydrogen-bond donors (Lipinski definition) is 0. The number of fused-ring (bicyclic) bond motifs is 1. The number of ether oxygens (including phenoxy) is 3. The Kier molecular flexibility index (Phi) is 10.4. The minimum atomic E-state index is -0.315. The van der Waals surface area contributed by atoms with Crippen molar-refractivity contribution in [2.24, 2.45) is 0 Å². The Morgan fingerprint density at radius 2 is 1.20 bits per heavy atom. The van der Waals surface area contributed by atoms with Crippen LogP contribution in [0.25, 0.3) is 22.2 Å². The fourth-order valence-electron chi connectivity index (χ4n) is 6.64. The van der Waals surface area contributed by atoms with Crippen molar-refractivity contribution >= 4 is 10.9 Å². The number of benzene rings is 5. The van der Waals surface area contributed by atoms with E-state index in [2.05, 4.69) is 125 Å². The Labute approximate surface area is 290 Å². The van der Waals surface area contributed by atoms with Gasteiger partial charge in [0.1, 0.15) is 24.7 Å². The first-order chi connectivity index (χ1) is 24.1. The summed E-state index contributed by atoms with van der Waals surface area (Å²) < 4.78 is 21.8. The van der Waals surface area contributed by atoms with Crippen molar-refractivity contribution in [2.45, 2.75) is 26.4 Å². The molecule has 6 aromatic rings. The number of aryl methyl sites for hydroxylation is 1. The van der Waals surface area contributed by atoms with Gasteiger partial charge in [0.25, 0.3) is 0 Å². The lowest BCUT2D eigenvalue weighted by Crippen LogP contribution is -2.45. The van der Waals surface area contributed by atoms with Crippen molar-refractivity contribution in [1.82, 2.24) is 14.4 Å². The molecule has 0 aliphatic carbocycles. The van der Waals surface area contributed by atoms with Crippen LogP contribution in [0, 0.1) is 6.92 Å². The molecule has 1 saturated heterocycles. The third kappa shape index (κ3) is 7.89. The molecule has 0 amide bonds. The van der Waals surface area contributed by atoms with E-state index in [0.717, 1.165) is 83.1 Å². The molecule has 0 bridgehead atoms. The van der Waals surface area contributed by atoms with Gasteiger partial charge in [-0.05, 0) is 78.7 Å². The fourth-order valence-corrected chi connectivity index (χ4v) is 6.64. The highest BCUT2D eigenvalue weighted by Crippen LogP contribution is 2.40. The van der Waals surface area contributed by atoms with Crippen LogP contribution < -0.4 is 9.47 Å². The summed E-state index contributed by atoms with van der Waals surface area (Å²) in [4.78, 5) is 4.90. The third-order valence-corrected chi connectivity index (χ3v) is 9.45. The molecule has 250 valence electrons. The van der Waals surface area contributed by atoms with Crippen molar-refractivity contribution in [3.05, 3.63) is 156 Å². The Morgan fingerprint density at radius 1 is 0.633 bits per heavy atom. The van der Waals surface area contributed by atoms with Crippen LogP contribution in [0.5, 0.6) is 11.5 Å². The highest BCUT2D eigenvalue weighted by Gasteiger charge is 2.25. The van der Waals surface area contributed by atoms with Gasteiger partial charge in [0.2, 0.25) is 0 Å². The second-order valence-corrected chi connectivity index (χ2v) is 12.9. The quantitative estimate of drug-likeness (QED) is 0.125. The molecule has 0 radical (unpaired) electrons. The first kappa shape index (κ1) is 32.7. The standard InChI is InChI=1S/C43H45N3O3/c1-33-40-30-39(49-32-35-14-8-4-9-15-35)22-23-41(40)46(42(33)36-18-20-38(21-19-36)48-31-34-12-6-3-7-13-34)43(37-16-10-5-11-17-37)47-29-28-45-26-24-44(2)25-27-45/h3-23,30,43H,24-29,31-32H2,1-2H3. The summed E-state index contributed by atoms with van der Waals surface area (Å²) in [5, 5.41) is 1.15. The topological polar surface area (TPSA) is 39.1 Å². The summed E-state index contributed by atoms with van der Waals surface area (Å²) in [5.41, 5.74) is 7.93. The Morgan fingerprint density at radius 3 is 1.84 bits per heavy atom. The lowest BCUT2D eigenvalue weighted by atomic mass is 10.1. The number of aromatic nitrogens is 1. The molecule has 7 rings (SSSR count). The van der Waals surface area contributed by atoms with Crippen LogP contribution in [-0.4, -0.2) is 60.7 Å². The summed E-state index contributed by atoms with van der Waals surface area (Å²) in [6.45, 7) is 9.10. The van der Waals surface area contributed by atoms with Crippen molar-refractivity contribution in [1.29, 1.82) is 0 Å². The zero-order valence-electron chi connectivity index (χ0n) is 28.5. The number of likely N-dealkylation sites (N-methyl/N-ethyl adjacent to an activating group) is 1. The minimum absolute atomic E-state index is 0.315. The molecule has 1 aromatic heterocycles. The Hall–Kier alpha value is -4.88. The monoisotopic (exact) mass is 651 g/mol. The number of hydrogen-bond acceptors (Lipinski definition) is 5. The lowest BCUT2D eigenvalue weighted by molar-refractivity contribution is 0.0157. The van der Waals surface area contributed by atoms with Gasteiger partial charge in [-0.1, -0.05) is 91.0 Å². The number of nitrogens with zero attached hydrogens (tertiary/aromatic N) is 3. The van der Waals surface area contributed by atoms with Crippen LogP contribution in [-0.2, 0) is 18.0 Å². The maximum absolute atomic E-state index is 6.93. The highest BCUT2D eigenvalue weighted by molar-refractivity contribution is 5.93.